The van der Waals surface area contributed by atoms with Crippen LogP contribution in [-0.4, -0.2) is 26.8 Å². The number of carbonyl (C=O) groups excluding carboxylic acids is 1. The third-order valence-electron chi connectivity index (χ3n) is 3.26. The van der Waals surface area contributed by atoms with Crippen LogP contribution in [0.3, 0.4) is 0 Å². The summed E-state index contributed by atoms with van der Waals surface area (Å²) >= 11 is 2.02. The summed E-state index contributed by atoms with van der Waals surface area (Å²) in [5, 5.41) is 12.3. The first-order valence-corrected chi connectivity index (χ1v) is 8.00. The number of rotatable bonds is 3. The molecule has 0 aliphatic heterocycles. The monoisotopic (exact) mass is 437 g/mol. The second kappa shape index (κ2) is 6.87. The Morgan fingerprint density at radius 2 is 2.04 bits per heavy atom. The van der Waals surface area contributed by atoms with E-state index >= 15 is 0 Å². The lowest BCUT2D eigenvalue weighted by Crippen LogP contribution is -2.14. The summed E-state index contributed by atoms with van der Waals surface area (Å²) in [7, 11) is 0. The summed E-state index contributed by atoms with van der Waals surface area (Å²) in [6.07, 6.45) is 1.14. The molecule has 8 heteroatoms. The lowest BCUT2D eigenvalue weighted by atomic mass is 10.2. The summed E-state index contributed by atoms with van der Waals surface area (Å²) in [5.74, 6) is 0. The van der Waals surface area contributed by atoms with Gasteiger partial charge in [0, 0.05) is 15.2 Å². The van der Waals surface area contributed by atoms with Gasteiger partial charge in [-0.25, -0.2) is 19.1 Å². The molecule has 0 aliphatic rings. The Bertz CT molecular complexity index is 908. The van der Waals surface area contributed by atoms with Crippen LogP contribution in [0, 0.1) is 3.57 Å². The van der Waals surface area contributed by atoms with Crippen LogP contribution in [0.15, 0.2) is 48.8 Å². The van der Waals surface area contributed by atoms with Gasteiger partial charge in [0.25, 0.3) is 0 Å². The lowest BCUT2D eigenvalue weighted by Gasteiger charge is -2.07. The maximum Gasteiger partial charge on any atom is 0.417 e. The summed E-state index contributed by atoms with van der Waals surface area (Å²) in [6, 6.07) is 11.0. The first-order chi connectivity index (χ1) is 11.5. The van der Waals surface area contributed by atoms with Gasteiger partial charge >= 0.3 is 12.2 Å². The molecule has 0 saturated carbocycles. The number of aromatic nitrogens is 2. The van der Waals surface area contributed by atoms with Crippen LogP contribution in [0.1, 0.15) is 5.56 Å². The Morgan fingerprint density at radius 3 is 2.75 bits per heavy atom. The number of halogens is 1. The second-order valence-corrected chi connectivity index (χ2v) is 6.07. The van der Waals surface area contributed by atoms with E-state index in [1.165, 1.54) is 12.4 Å². The molecule has 24 heavy (non-hydrogen) atoms. The van der Waals surface area contributed by atoms with E-state index < -0.39 is 12.2 Å². The van der Waals surface area contributed by atoms with Crippen molar-refractivity contribution >= 4 is 51.5 Å². The van der Waals surface area contributed by atoms with E-state index in [2.05, 4.69) is 10.3 Å². The molecule has 2 heterocycles. The third kappa shape index (κ3) is 3.48. The van der Waals surface area contributed by atoms with Crippen LogP contribution >= 0.6 is 22.6 Å². The van der Waals surface area contributed by atoms with Crippen molar-refractivity contribution < 1.29 is 19.4 Å². The number of amides is 1. The van der Waals surface area contributed by atoms with Crippen LogP contribution in [0.25, 0.3) is 11.0 Å². The number of pyridine rings is 1. The van der Waals surface area contributed by atoms with Gasteiger partial charge < -0.3 is 9.84 Å². The van der Waals surface area contributed by atoms with E-state index in [1.54, 1.807) is 6.07 Å². The number of ether oxygens (including phenoxy) is 1. The molecule has 2 aromatic heterocycles. The van der Waals surface area contributed by atoms with Crippen molar-refractivity contribution in [2.75, 3.05) is 5.32 Å². The molecule has 3 aromatic rings. The fourth-order valence-electron chi connectivity index (χ4n) is 2.16. The van der Waals surface area contributed by atoms with Crippen LogP contribution in [0.2, 0.25) is 0 Å². The zero-order valence-corrected chi connectivity index (χ0v) is 14.4. The maximum absolute atomic E-state index is 11.9. The number of nitrogens with zero attached hydrogens (tertiary/aromatic N) is 2. The number of anilines is 1. The van der Waals surface area contributed by atoms with Crippen molar-refractivity contribution in [2.24, 2.45) is 0 Å². The average molecular weight is 437 g/mol. The molecule has 2 N–H and O–H groups in total. The fourth-order valence-corrected chi connectivity index (χ4v) is 2.84. The fraction of sp³-hybridized carbons (Fsp3) is 0.0625. The van der Waals surface area contributed by atoms with Gasteiger partial charge in [-0.2, -0.15) is 0 Å². The van der Waals surface area contributed by atoms with E-state index in [9.17, 15) is 9.59 Å². The van der Waals surface area contributed by atoms with E-state index in [4.69, 9.17) is 9.84 Å². The number of hydrogen-bond acceptors (Lipinski definition) is 4. The van der Waals surface area contributed by atoms with Gasteiger partial charge in [0.15, 0.2) is 5.65 Å². The molecule has 122 valence electrons. The van der Waals surface area contributed by atoms with Crippen molar-refractivity contribution in [3.8, 4) is 0 Å². The topological polar surface area (TPSA) is 93.5 Å². The largest absolute Gasteiger partial charge is 0.464 e. The molecular formula is C16H12IN3O4. The predicted octanol–water partition coefficient (Wildman–Crippen LogP) is 3.92. The molecule has 1 aromatic carbocycles. The van der Waals surface area contributed by atoms with Gasteiger partial charge in [-0.3, -0.25) is 5.32 Å². The normalized spacial score (nSPS) is 10.5. The second-order valence-electron chi connectivity index (χ2n) is 4.91. The van der Waals surface area contributed by atoms with Gasteiger partial charge in [0.05, 0.1) is 11.9 Å². The minimum atomic E-state index is -1.11. The number of hydrogen-bond donors (Lipinski definition) is 2. The minimum Gasteiger partial charge on any atom is -0.464 e. The zero-order valence-electron chi connectivity index (χ0n) is 12.3. The number of nitrogens with one attached hydrogen (secondary N) is 1. The molecule has 0 fully saturated rings. The molecule has 1 amide bonds. The van der Waals surface area contributed by atoms with Crippen molar-refractivity contribution in [3.05, 3.63) is 57.9 Å². The number of fused-ring (bicyclic) bond motifs is 1. The van der Waals surface area contributed by atoms with Crippen LogP contribution in [0.5, 0.6) is 0 Å². The molecule has 0 bridgehead atoms. The van der Waals surface area contributed by atoms with E-state index in [-0.39, 0.29) is 6.61 Å². The van der Waals surface area contributed by atoms with Crippen molar-refractivity contribution in [2.45, 2.75) is 6.61 Å². The Hall–Kier alpha value is -2.62. The van der Waals surface area contributed by atoms with E-state index in [0.29, 0.717) is 16.7 Å². The van der Waals surface area contributed by atoms with Crippen LogP contribution < -0.4 is 5.32 Å². The van der Waals surface area contributed by atoms with Crippen LogP contribution in [-0.2, 0) is 11.3 Å². The molecule has 0 spiro atoms. The van der Waals surface area contributed by atoms with Gasteiger partial charge in [-0.05, 0) is 34.2 Å². The molecule has 0 atom stereocenters. The van der Waals surface area contributed by atoms with Gasteiger partial charge in [-0.15, -0.1) is 0 Å². The molecule has 7 nitrogen and oxygen atoms in total. The highest BCUT2D eigenvalue weighted by Gasteiger charge is 2.14. The van der Waals surface area contributed by atoms with E-state index in [1.807, 2.05) is 52.9 Å². The molecular weight excluding hydrogens is 425 g/mol. The Kier molecular flexibility index (Phi) is 4.65. The smallest absolute Gasteiger partial charge is 0.417 e. The summed E-state index contributed by atoms with van der Waals surface area (Å²) in [6.45, 7) is 0.162. The average Bonchev–Trinajstić information content (AvgIpc) is 2.91. The van der Waals surface area contributed by atoms with Crippen molar-refractivity contribution in [1.82, 2.24) is 9.55 Å². The van der Waals surface area contributed by atoms with E-state index in [0.717, 1.165) is 13.7 Å². The third-order valence-corrected chi connectivity index (χ3v) is 4.12. The SMILES string of the molecule is O=C(Nc1cnc2c(c1)c(I)cn2C(=O)O)OCc1ccccc1. The molecule has 0 unspecified atom stereocenters. The number of benzene rings is 1. The zero-order chi connectivity index (χ0) is 17.1. The first kappa shape index (κ1) is 16.2. The summed E-state index contributed by atoms with van der Waals surface area (Å²) in [4.78, 5) is 27.1. The molecule has 3 rings (SSSR count). The van der Waals surface area contributed by atoms with Gasteiger partial charge in [-0.1, -0.05) is 30.3 Å². The highest BCUT2D eigenvalue weighted by molar-refractivity contribution is 14.1. The maximum atomic E-state index is 11.9. The number of carbonyl (C=O) groups is 2. The molecule has 0 aliphatic carbocycles. The summed E-state index contributed by atoms with van der Waals surface area (Å²) < 4.78 is 6.90. The highest BCUT2D eigenvalue weighted by Crippen LogP contribution is 2.24. The quantitative estimate of drug-likeness (QED) is 0.607. The van der Waals surface area contributed by atoms with Gasteiger partial charge in [0.1, 0.15) is 6.61 Å². The lowest BCUT2D eigenvalue weighted by molar-refractivity contribution is 0.155. The standard InChI is InChI=1S/C16H12IN3O4/c17-13-8-20(16(22)23)14-12(13)6-11(7-18-14)19-15(21)24-9-10-4-2-1-3-5-10/h1-8H,9H2,(H,19,21)(H,22,23). The van der Waals surface area contributed by atoms with Crippen molar-refractivity contribution in [1.29, 1.82) is 0 Å². The van der Waals surface area contributed by atoms with Crippen molar-refractivity contribution in [3.63, 3.8) is 0 Å². The minimum absolute atomic E-state index is 0.162. The van der Waals surface area contributed by atoms with Crippen LogP contribution in [0.4, 0.5) is 15.3 Å². The Labute approximate surface area is 150 Å². The summed E-state index contributed by atoms with van der Waals surface area (Å²) in [5.41, 5.74) is 1.63. The Morgan fingerprint density at radius 1 is 1.29 bits per heavy atom. The first-order valence-electron chi connectivity index (χ1n) is 6.92. The number of carboxylic acid groups (broad SMARTS) is 1. The van der Waals surface area contributed by atoms with Gasteiger partial charge in [0.2, 0.25) is 0 Å². The predicted molar refractivity (Wildman–Crippen MR) is 96.1 cm³/mol. The molecule has 0 radical (unpaired) electrons. The highest BCUT2D eigenvalue weighted by atomic mass is 127. The Balaban J connectivity index is 1.72. The molecule has 0 saturated heterocycles.